The second-order valence-electron chi connectivity index (χ2n) is 7.45. The number of ether oxygens (including phenoxy) is 1. The molecule has 1 atom stereocenters. The van der Waals surface area contributed by atoms with Gasteiger partial charge in [0.25, 0.3) is 0 Å². The summed E-state index contributed by atoms with van der Waals surface area (Å²) in [6.07, 6.45) is 4.82. The van der Waals surface area contributed by atoms with E-state index in [1.54, 1.807) is 13.3 Å². The first kappa shape index (κ1) is 18.4. The highest BCUT2D eigenvalue weighted by atomic mass is 16.6. The van der Waals surface area contributed by atoms with Crippen molar-refractivity contribution in [3.05, 3.63) is 53.9 Å². The van der Waals surface area contributed by atoms with Crippen molar-refractivity contribution in [1.82, 2.24) is 20.2 Å². The molecule has 1 saturated carbocycles. The van der Waals surface area contributed by atoms with Gasteiger partial charge in [-0.1, -0.05) is 5.16 Å². The monoisotopic (exact) mass is 405 g/mol. The van der Waals surface area contributed by atoms with Gasteiger partial charge >= 0.3 is 0 Å². The van der Waals surface area contributed by atoms with Crippen molar-refractivity contribution in [2.24, 2.45) is 5.16 Å². The van der Waals surface area contributed by atoms with E-state index in [0.717, 1.165) is 22.8 Å². The quantitative estimate of drug-likeness (QED) is 0.527. The third-order valence-electron chi connectivity index (χ3n) is 5.17. The second kappa shape index (κ2) is 8.02. The summed E-state index contributed by atoms with van der Waals surface area (Å²) in [6, 6.07) is 11.7. The van der Waals surface area contributed by atoms with E-state index in [0.29, 0.717) is 30.6 Å². The van der Waals surface area contributed by atoms with Crippen LogP contribution in [0.2, 0.25) is 0 Å². The number of H-pyrrole nitrogens is 1. The molecule has 0 saturated heterocycles. The van der Waals surface area contributed by atoms with Crippen molar-refractivity contribution < 1.29 is 9.57 Å². The van der Waals surface area contributed by atoms with E-state index in [-0.39, 0.29) is 6.10 Å². The molecule has 3 N–H and O–H groups in total. The van der Waals surface area contributed by atoms with Crippen molar-refractivity contribution in [3.63, 3.8) is 0 Å². The summed E-state index contributed by atoms with van der Waals surface area (Å²) in [5.41, 5.74) is 3.13. The zero-order valence-electron chi connectivity index (χ0n) is 16.6. The van der Waals surface area contributed by atoms with Gasteiger partial charge < -0.3 is 20.2 Å². The average molecular weight is 405 g/mol. The number of hydrogen-bond donors (Lipinski definition) is 3. The summed E-state index contributed by atoms with van der Waals surface area (Å²) < 4.78 is 5.20. The fourth-order valence-corrected chi connectivity index (χ4v) is 3.35. The Morgan fingerprint density at radius 3 is 2.83 bits per heavy atom. The smallest absolute Gasteiger partial charge is 0.224 e. The molecule has 30 heavy (non-hydrogen) atoms. The fraction of sp³-hybridized carbons (Fsp3) is 0.333. The van der Waals surface area contributed by atoms with Crippen LogP contribution in [0.5, 0.6) is 5.75 Å². The predicted molar refractivity (Wildman–Crippen MR) is 113 cm³/mol. The Bertz CT molecular complexity index is 1040. The molecule has 1 aliphatic carbocycles. The van der Waals surface area contributed by atoms with E-state index in [4.69, 9.17) is 9.57 Å². The number of methoxy groups -OCH3 is 1. The lowest BCUT2D eigenvalue weighted by Crippen LogP contribution is -2.21. The number of aromatic nitrogens is 4. The molecule has 2 aliphatic rings. The van der Waals surface area contributed by atoms with Crippen LogP contribution in [0, 0.1) is 0 Å². The average Bonchev–Trinajstić information content (AvgIpc) is 3.34. The molecule has 1 aliphatic heterocycles. The minimum atomic E-state index is -0.0743. The number of hydrogen-bond acceptors (Lipinski definition) is 8. The summed E-state index contributed by atoms with van der Waals surface area (Å²) in [4.78, 5) is 14.3. The summed E-state index contributed by atoms with van der Waals surface area (Å²) in [5.74, 6) is 3.43. The molecule has 3 aromatic rings. The number of benzene rings is 1. The number of nitrogens with zero attached hydrogens (tertiary/aromatic N) is 4. The number of oxime groups is 1. The highest BCUT2D eigenvalue weighted by molar-refractivity contribution is 6.01. The van der Waals surface area contributed by atoms with Crippen LogP contribution in [0.25, 0.3) is 0 Å². The number of aromatic amines is 1. The van der Waals surface area contributed by atoms with Crippen molar-refractivity contribution in [1.29, 1.82) is 0 Å². The second-order valence-corrected chi connectivity index (χ2v) is 7.45. The minimum Gasteiger partial charge on any atom is -0.497 e. The molecule has 154 valence electrons. The summed E-state index contributed by atoms with van der Waals surface area (Å²) in [6.45, 7) is 0.556. The zero-order valence-corrected chi connectivity index (χ0v) is 16.6. The maximum absolute atomic E-state index is 5.56. The Balaban J connectivity index is 1.14. The van der Waals surface area contributed by atoms with Crippen LogP contribution in [-0.4, -0.2) is 45.6 Å². The Kier molecular flexibility index (Phi) is 4.92. The van der Waals surface area contributed by atoms with E-state index in [9.17, 15) is 0 Å². The number of rotatable bonds is 8. The molecule has 0 spiro atoms. The van der Waals surface area contributed by atoms with Crippen molar-refractivity contribution in [3.8, 4) is 5.75 Å². The first-order valence-electron chi connectivity index (χ1n) is 10.0. The van der Waals surface area contributed by atoms with Crippen LogP contribution in [-0.2, 0) is 4.84 Å². The first-order chi connectivity index (χ1) is 14.8. The molecule has 0 bridgehead atoms. The van der Waals surface area contributed by atoms with Crippen LogP contribution in [0.3, 0.4) is 0 Å². The lowest BCUT2D eigenvalue weighted by atomic mass is 10.0. The maximum atomic E-state index is 5.56. The van der Waals surface area contributed by atoms with Gasteiger partial charge in [-0.15, -0.1) is 0 Å². The van der Waals surface area contributed by atoms with Gasteiger partial charge in [0.15, 0.2) is 5.82 Å². The molecule has 1 unspecified atom stereocenters. The summed E-state index contributed by atoms with van der Waals surface area (Å²) in [7, 11) is 1.65. The number of anilines is 3. The van der Waals surface area contributed by atoms with Gasteiger partial charge in [-0.05, 0) is 48.7 Å². The van der Waals surface area contributed by atoms with E-state index in [1.807, 2.05) is 36.4 Å². The Morgan fingerprint density at radius 1 is 1.17 bits per heavy atom. The maximum Gasteiger partial charge on any atom is 0.224 e. The van der Waals surface area contributed by atoms with E-state index >= 15 is 0 Å². The number of nitrogens with one attached hydrogen (secondary N) is 3. The van der Waals surface area contributed by atoms with E-state index in [1.165, 1.54) is 18.5 Å². The fourth-order valence-electron chi connectivity index (χ4n) is 3.35. The van der Waals surface area contributed by atoms with Crippen LogP contribution in [0.4, 0.5) is 17.6 Å². The van der Waals surface area contributed by atoms with Gasteiger partial charge in [-0.25, -0.2) is 4.98 Å². The van der Waals surface area contributed by atoms with Crippen LogP contribution < -0.4 is 15.4 Å². The SMILES string of the molecule is COc1ccc(C2=NOC(CNc3nccc(Nc4cc(C5CC5)[nH]n4)n3)C2)cc1. The molecular formula is C21H23N7O2. The van der Waals surface area contributed by atoms with E-state index < -0.39 is 0 Å². The van der Waals surface area contributed by atoms with Gasteiger partial charge in [0.05, 0.1) is 19.4 Å². The molecule has 5 rings (SSSR count). The molecule has 0 amide bonds. The topological polar surface area (TPSA) is 109 Å². The van der Waals surface area contributed by atoms with Crippen LogP contribution >= 0.6 is 0 Å². The van der Waals surface area contributed by atoms with E-state index in [2.05, 4.69) is 36.0 Å². The van der Waals surface area contributed by atoms with Gasteiger partial charge in [0.1, 0.15) is 17.7 Å². The Labute approximate surface area is 173 Å². The largest absolute Gasteiger partial charge is 0.497 e. The van der Waals surface area contributed by atoms with Crippen LogP contribution in [0.15, 0.2) is 47.8 Å². The van der Waals surface area contributed by atoms with Crippen molar-refractivity contribution >= 4 is 23.3 Å². The molecular weight excluding hydrogens is 382 g/mol. The Hall–Kier alpha value is -3.62. The molecule has 2 aromatic heterocycles. The lowest BCUT2D eigenvalue weighted by molar-refractivity contribution is 0.0948. The highest BCUT2D eigenvalue weighted by Crippen LogP contribution is 2.39. The molecule has 1 fully saturated rings. The third-order valence-corrected chi connectivity index (χ3v) is 5.17. The molecule has 1 aromatic carbocycles. The molecule has 9 nitrogen and oxygen atoms in total. The minimum absolute atomic E-state index is 0.0743. The Morgan fingerprint density at radius 2 is 2.03 bits per heavy atom. The predicted octanol–water partition coefficient (Wildman–Crippen LogP) is 3.43. The molecule has 0 radical (unpaired) electrons. The summed E-state index contributed by atoms with van der Waals surface area (Å²) in [5, 5.41) is 18.0. The van der Waals surface area contributed by atoms with Crippen LogP contribution in [0.1, 0.15) is 36.4 Å². The van der Waals surface area contributed by atoms with Crippen molar-refractivity contribution in [2.45, 2.75) is 31.3 Å². The first-order valence-corrected chi connectivity index (χ1v) is 10.0. The third kappa shape index (κ3) is 4.19. The molecule has 3 heterocycles. The van der Waals surface area contributed by atoms with Gasteiger partial charge in [-0.3, -0.25) is 5.10 Å². The summed E-state index contributed by atoms with van der Waals surface area (Å²) >= 11 is 0. The lowest BCUT2D eigenvalue weighted by Gasteiger charge is -2.10. The highest BCUT2D eigenvalue weighted by Gasteiger charge is 2.25. The zero-order chi connectivity index (χ0) is 20.3. The normalized spacial score (nSPS) is 17.9. The standard InChI is InChI=1S/C21H23N7O2/c1-29-15-6-4-14(5-7-15)18-10-16(30-28-18)12-23-21-22-9-8-19(25-21)24-20-11-17(26-27-20)13-2-3-13/h4-9,11,13,16H,2-3,10,12H2,1H3,(H3,22,23,24,25,26,27). The van der Waals surface area contributed by atoms with Gasteiger partial charge in [0.2, 0.25) is 5.95 Å². The van der Waals surface area contributed by atoms with Gasteiger partial charge in [-0.2, -0.15) is 10.1 Å². The van der Waals surface area contributed by atoms with Gasteiger partial charge in [0, 0.05) is 30.3 Å². The molecule has 9 heteroatoms. The van der Waals surface area contributed by atoms with Crippen molar-refractivity contribution in [2.75, 3.05) is 24.3 Å².